The van der Waals surface area contributed by atoms with Crippen LogP contribution in [-0.4, -0.2) is 40.7 Å². The molecule has 0 amide bonds. The van der Waals surface area contributed by atoms with Gasteiger partial charge in [0.1, 0.15) is 5.82 Å². The Balaban J connectivity index is 0.000000685. The van der Waals surface area contributed by atoms with Crippen LogP contribution in [-0.2, 0) is 0 Å². The zero-order valence-corrected chi connectivity index (χ0v) is 31.4. The van der Waals surface area contributed by atoms with Crippen molar-refractivity contribution in [1.82, 2.24) is 9.80 Å². The Morgan fingerprint density at radius 2 is 1.63 bits per heavy atom. The van der Waals surface area contributed by atoms with Gasteiger partial charge in [-0.25, -0.2) is 4.39 Å². The largest absolute Gasteiger partial charge is 0.369 e. The average molecular weight is 650 g/mol. The van der Waals surface area contributed by atoms with Crippen molar-refractivity contribution in [2.45, 2.75) is 114 Å². The number of hydrogen-bond acceptors (Lipinski definition) is 3. The molecule has 0 radical (unpaired) electrons. The third-order valence-electron chi connectivity index (χ3n) is 8.16. The normalized spacial score (nSPS) is 19.2. The second-order valence-electron chi connectivity index (χ2n) is 12.4. The number of halogens is 2. The van der Waals surface area contributed by atoms with Crippen LogP contribution >= 0.6 is 11.6 Å². The molecule has 254 valence electrons. The van der Waals surface area contributed by atoms with Crippen molar-refractivity contribution in [2.75, 3.05) is 13.1 Å². The molecule has 46 heavy (non-hydrogen) atoms. The first-order chi connectivity index (χ1) is 21.8. The molecule has 0 N–H and O–H groups in total. The molecular weight excluding hydrogens is 589 g/mol. The molecule has 0 saturated carbocycles. The van der Waals surface area contributed by atoms with Crippen molar-refractivity contribution in [1.29, 1.82) is 0 Å². The highest BCUT2D eigenvalue weighted by molar-refractivity contribution is 6.31. The lowest BCUT2D eigenvalue weighted by Gasteiger charge is -2.48. The molecule has 1 aliphatic rings. The van der Waals surface area contributed by atoms with Gasteiger partial charge in [0.25, 0.3) is 0 Å². The molecule has 1 heterocycles. The van der Waals surface area contributed by atoms with Gasteiger partial charge in [0.05, 0.1) is 0 Å². The van der Waals surface area contributed by atoms with Gasteiger partial charge in [0.2, 0.25) is 0 Å². The summed E-state index contributed by atoms with van der Waals surface area (Å²) >= 11 is 5.98. The van der Waals surface area contributed by atoms with Gasteiger partial charge in [-0.15, -0.1) is 0 Å². The van der Waals surface area contributed by atoms with Crippen molar-refractivity contribution in [3.8, 4) is 0 Å². The maximum absolute atomic E-state index is 14.9. The van der Waals surface area contributed by atoms with Crippen LogP contribution in [0.1, 0.15) is 107 Å². The van der Waals surface area contributed by atoms with E-state index >= 15 is 0 Å². The third kappa shape index (κ3) is 12.9. The van der Waals surface area contributed by atoms with Crippen molar-refractivity contribution < 1.29 is 4.39 Å². The smallest absolute Gasteiger partial charge is 0.131 e. The highest BCUT2D eigenvalue weighted by atomic mass is 35.5. The average Bonchev–Trinajstić information content (AvgIpc) is 3.01. The number of piperazine rings is 1. The summed E-state index contributed by atoms with van der Waals surface area (Å²) in [5.74, 6) is 0.209. The number of nitrogens with zero attached hydrogens (tertiary/aromatic N) is 3. The number of aliphatic imine (C=N–C) groups is 1. The van der Waals surface area contributed by atoms with Crippen LogP contribution in [0.25, 0.3) is 5.57 Å². The summed E-state index contributed by atoms with van der Waals surface area (Å²) in [5, 5.41) is 0.815. The number of benzene rings is 1. The predicted molar refractivity (Wildman–Crippen MR) is 204 cm³/mol. The van der Waals surface area contributed by atoms with Gasteiger partial charge in [0.15, 0.2) is 0 Å². The molecule has 0 bridgehead atoms. The van der Waals surface area contributed by atoms with Gasteiger partial charge >= 0.3 is 0 Å². The van der Waals surface area contributed by atoms with Gasteiger partial charge in [-0.05, 0) is 90.5 Å². The first kappa shape index (κ1) is 40.9. The Morgan fingerprint density at radius 1 is 1.02 bits per heavy atom. The molecule has 1 aliphatic heterocycles. The maximum atomic E-state index is 14.9. The molecule has 1 aromatic rings. The zero-order chi connectivity index (χ0) is 34.8. The molecule has 1 saturated heterocycles. The third-order valence-corrected chi connectivity index (χ3v) is 8.40. The van der Waals surface area contributed by atoms with Crippen molar-refractivity contribution in [3.63, 3.8) is 0 Å². The minimum absolute atomic E-state index is 0.215. The summed E-state index contributed by atoms with van der Waals surface area (Å²) in [4.78, 5) is 9.63. The van der Waals surface area contributed by atoms with Gasteiger partial charge < -0.3 is 9.80 Å². The van der Waals surface area contributed by atoms with Crippen LogP contribution in [0, 0.1) is 11.7 Å². The van der Waals surface area contributed by atoms with E-state index < -0.39 is 0 Å². The van der Waals surface area contributed by atoms with Crippen LogP contribution < -0.4 is 0 Å². The second-order valence-corrected chi connectivity index (χ2v) is 12.9. The maximum Gasteiger partial charge on any atom is 0.131 e. The van der Waals surface area contributed by atoms with E-state index in [0.29, 0.717) is 23.6 Å². The van der Waals surface area contributed by atoms with Crippen LogP contribution in [0.5, 0.6) is 0 Å². The van der Waals surface area contributed by atoms with Gasteiger partial charge in [-0.3, -0.25) is 4.99 Å². The van der Waals surface area contributed by atoms with Gasteiger partial charge in [0, 0.05) is 64.6 Å². The minimum atomic E-state index is -0.215. The molecule has 1 fully saturated rings. The van der Waals surface area contributed by atoms with Crippen molar-refractivity contribution in [3.05, 3.63) is 112 Å². The Hall–Kier alpha value is -3.11. The number of hydrogen-bond donors (Lipinski definition) is 0. The molecule has 0 aromatic heterocycles. The molecule has 0 spiro atoms. The first-order valence-corrected chi connectivity index (χ1v) is 17.5. The summed E-state index contributed by atoms with van der Waals surface area (Å²) < 4.78 is 14.9. The summed E-state index contributed by atoms with van der Waals surface area (Å²) in [6, 6.07) is 7.63. The van der Waals surface area contributed by atoms with E-state index in [0.717, 1.165) is 59.9 Å². The Morgan fingerprint density at radius 3 is 2.20 bits per heavy atom. The summed E-state index contributed by atoms with van der Waals surface area (Å²) in [6.07, 6.45) is 18.2. The van der Waals surface area contributed by atoms with E-state index in [1.165, 1.54) is 23.8 Å². The molecule has 2 rings (SSSR count). The monoisotopic (exact) mass is 649 g/mol. The Kier molecular flexibility index (Phi) is 19.2. The van der Waals surface area contributed by atoms with E-state index in [1.807, 2.05) is 62.6 Å². The van der Waals surface area contributed by atoms with Crippen molar-refractivity contribution >= 4 is 22.9 Å². The molecular formula is C41H61ClFN3. The zero-order valence-electron chi connectivity index (χ0n) is 30.6. The van der Waals surface area contributed by atoms with Crippen LogP contribution in [0.2, 0.25) is 0 Å². The lowest BCUT2D eigenvalue weighted by Crippen LogP contribution is -2.55. The predicted octanol–water partition coefficient (Wildman–Crippen LogP) is 12.3. The molecule has 2 atom stereocenters. The summed E-state index contributed by atoms with van der Waals surface area (Å²) in [6.45, 7) is 29.7. The van der Waals surface area contributed by atoms with E-state index in [4.69, 9.17) is 16.6 Å². The topological polar surface area (TPSA) is 18.8 Å². The summed E-state index contributed by atoms with van der Waals surface area (Å²) in [7, 11) is 0. The second kappa shape index (κ2) is 21.6. The fraction of sp³-hybridized carbons (Fsp3) is 0.488. The highest BCUT2D eigenvalue weighted by Crippen LogP contribution is 2.33. The molecule has 0 aliphatic carbocycles. The van der Waals surface area contributed by atoms with E-state index in [1.54, 1.807) is 6.07 Å². The van der Waals surface area contributed by atoms with Gasteiger partial charge in [-0.1, -0.05) is 107 Å². The fourth-order valence-corrected chi connectivity index (χ4v) is 5.87. The Labute approximate surface area is 286 Å². The number of rotatable bonds is 13. The molecule has 3 nitrogen and oxygen atoms in total. The van der Waals surface area contributed by atoms with E-state index in [9.17, 15) is 4.39 Å². The van der Waals surface area contributed by atoms with Crippen LogP contribution in [0.3, 0.4) is 0 Å². The minimum Gasteiger partial charge on any atom is -0.369 e. The summed E-state index contributed by atoms with van der Waals surface area (Å²) in [5.41, 5.74) is 7.04. The van der Waals surface area contributed by atoms with Crippen LogP contribution in [0.4, 0.5) is 4.39 Å². The highest BCUT2D eigenvalue weighted by Gasteiger charge is 2.32. The molecule has 1 aromatic carbocycles. The Bertz CT molecular complexity index is 1320. The lowest BCUT2D eigenvalue weighted by molar-refractivity contribution is 0.0841. The van der Waals surface area contributed by atoms with Crippen LogP contribution in [0.15, 0.2) is 106 Å². The quantitative estimate of drug-likeness (QED) is 0.156. The molecule has 5 heteroatoms. The van der Waals surface area contributed by atoms with Crippen molar-refractivity contribution in [2.24, 2.45) is 10.9 Å². The lowest BCUT2D eigenvalue weighted by atomic mass is 9.91. The van der Waals surface area contributed by atoms with Gasteiger partial charge in [-0.2, -0.15) is 0 Å². The SMILES string of the molecule is C=C(C(C)C)N1C[C@H](C)N(/C(C)=C(C(=C/C)\c2ccccc2F)/C(C)=N/C=C/CC)CC1C.CC/C=C/C=C(Cl)\C=C(/C)CCC. The first-order valence-electron chi connectivity index (χ1n) is 17.1. The van der Waals surface area contributed by atoms with E-state index in [-0.39, 0.29) is 5.82 Å². The molecule has 1 unspecified atom stereocenters. The number of allylic oxidation sites excluding steroid dienone is 12. The fourth-order valence-electron chi connectivity index (χ4n) is 5.62. The van der Waals surface area contributed by atoms with E-state index in [2.05, 4.69) is 84.8 Å². The standard InChI is InChI=1S/C29H42FN3.C12H19Cl/c1-10-12-17-31-23(7)29(26(11-2)27-15-13-14-16-28(27)30)25(9)33-19-21(5)32(18-22(33)6)24(8)20(3)4;1-4-6-7-9-12(13)10-11(3)8-5-2/h11-17,20-22H,8,10,18-19H2,1-7,9H3;6-7,9-10H,4-5,8H2,1-3H3/b17-12+,26-11-,29-25-,31-23+;7-6+,11-10+,12-9+/t21?,22-;/m0./s1.